The Kier molecular flexibility index (Phi) is 4.57. The quantitative estimate of drug-likeness (QED) is 0.281. The van der Waals surface area contributed by atoms with Crippen molar-refractivity contribution >= 4 is 17.6 Å². The molecule has 0 saturated heterocycles. The van der Waals surface area contributed by atoms with Gasteiger partial charge < -0.3 is 4.74 Å². The van der Waals surface area contributed by atoms with Crippen LogP contribution in [0.25, 0.3) is 0 Å². The average molecular weight is 295 g/mol. The number of hydrogen-bond donors (Lipinski definition) is 0. The van der Waals surface area contributed by atoms with Crippen LogP contribution in [0.1, 0.15) is 31.1 Å². The van der Waals surface area contributed by atoms with Crippen molar-refractivity contribution in [3.63, 3.8) is 0 Å². The van der Waals surface area contributed by atoms with E-state index in [1.807, 2.05) is 0 Å². The lowest BCUT2D eigenvalue weighted by molar-refractivity contribution is -0.385. The second kappa shape index (κ2) is 5.82. The number of rotatable bonds is 3. The van der Waals surface area contributed by atoms with E-state index in [1.54, 1.807) is 20.8 Å². The monoisotopic (exact) mass is 295 g/mol. The summed E-state index contributed by atoms with van der Waals surface area (Å²) in [6.45, 7) is 8.63. The van der Waals surface area contributed by atoms with Crippen LogP contribution in [0.3, 0.4) is 0 Å². The normalized spacial score (nSPS) is 10.9. The summed E-state index contributed by atoms with van der Waals surface area (Å²) in [5.41, 5.74) is -1.62. The van der Waals surface area contributed by atoms with Gasteiger partial charge in [-0.2, -0.15) is 0 Å². The summed E-state index contributed by atoms with van der Waals surface area (Å²) in [7, 11) is 0. The third kappa shape index (κ3) is 3.95. The fourth-order valence-corrected chi connectivity index (χ4v) is 1.29. The molecule has 1 aromatic carbocycles. The van der Waals surface area contributed by atoms with Crippen LogP contribution in [0.5, 0.6) is 0 Å². The molecule has 0 bridgehead atoms. The molecule has 0 aliphatic heterocycles. The molecule has 0 radical (unpaired) electrons. The zero-order chi connectivity index (χ0) is 16.4. The van der Waals surface area contributed by atoms with Crippen molar-refractivity contribution in [2.45, 2.75) is 20.8 Å². The highest BCUT2D eigenvalue weighted by molar-refractivity contribution is 6.02. The Morgan fingerprint density at radius 1 is 1.33 bits per heavy atom. The van der Waals surface area contributed by atoms with Gasteiger partial charge in [0.05, 0.1) is 16.6 Å². The Balaban J connectivity index is 2.93. The third-order valence-electron chi connectivity index (χ3n) is 2.72. The maximum Gasteiger partial charge on any atom is 0.349 e. The summed E-state index contributed by atoms with van der Waals surface area (Å²) in [5, 5.41) is 10.5. The number of nitrogens with zero attached hydrogens (tertiary/aromatic N) is 1. The highest BCUT2D eigenvalue weighted by Crippen LogP contribution is 2.25. The number of esters is 2. The van der Waals surface area contributed by atoms with Crippen LogP contribution in [0.15, 0.2) is 30.4 Å². The van der Waals surface area contributed by atoms with Crippen molar-refractivity contribution in [2.75, 3.05) is 0 Å². The van der Waals surface area contributed by atoms with Crippen molar-refractivity contribution in [2.24, 2.45) is 5.41 Å². The van der Waals surface area contributed by atoms with Gasteiger partial charge in [-0.25, -0.2) is 14.0 Å². The van der Waals surface area contributed by atoms with Gasteiger partial charge in [-0.3, -0.25) is 10.1 Å². The Labute approximate surface area is 120 Å². The molecule has 0 saturated carbocycles. The smallest absolute Gasteiger partial charge is 0.349 e. The Hall–Kier alpha value is -2.57. The lowest BCUT2D eigenvalue weighted by Crippen LogP contribution is -2.22. The minimum Gasteiger partial charge on any atom is -0.386 e. The second-order valence-corrected chi connectivity index (χ2v) is 5.33. The number of carbonyl (C=O) groups is 2. The lowest BCUT2D eigenvalue weighted by atomic mass is 9.88. The van der Waals surface area contributed by atoms with Gasteiger partial charge in [-0.05, 0) is 11.5 Å². The van der Waals surface area contributed by atoms with Crippen LogP contribution >= 0.6 is 0 Å². The van der Waals surface area contributed by atoms with Gasteiger partial charge >= 0.3 is 11.9 Å². The molecule has 6 nitrogen and oxygen atoms in total. The molecule has 7 heteroatoms. The van der Waals surface area contributed by atoms with E-state index >= 15 is 0 Å². The van der Waals surface area contributed by atoms with Crippen molar-refractivity contribution in [3.8, 4) is 0 Å². The Morgan fingerprint density at radius 2 is 1.90 bits per heavy atom. The predicted octanol–water partition coefficient (Wildman–Crippen LogP) is 3.02. The number of carbonyl (C=O) groups excluding carboxylic acids is 2. The summed E-state index contributed by atoms with van der Waals surface area (Å²) < 4.78 is 18.1. The fraction of sp³-hybridized carbons (Fsp3) is 0.286. The molecule has 0 aliphatic carbocycles. The molecule has 112 valence electrons. The van der Waals surface area contributed by atoms with Gasteiger partial charge in [0.1, 0.15) is 5.82 Å². The Bertz CT molecular complexity index is 631. The fourth-order valence-electron chi connectivity index (χ4n) is 1.29. The summed E-state index contributed by atoms with van der Waals surface area (Å²) in [6, 6.07) is 2.42. The summed E-state index contributed by atoms with van der Waals surface area (Å²) in [4.78, 5) is 33.0. The van der Waals surface area contributed by atoms with E-state index in [1.165, 1.54) is 0 Å². The molecule has 0 aliphatic rings. The minimum atomic E-state index is -1.22. The predicted molar refractivity (Wildman–Crippen MR) is 72.1 cm³/mol. The van der Waals surface area contributed by atoms with E-state index in [-0.39, 0.29) is 5.57 Å². The maximum absolute atomic E-state index is 13.6. The summed E-state index contributed by atoms with van der Waals surface area (Å²) in [5.74, 6) is -3.33. The molecule has 0 aromatic heterocycles. The number of ether oxygens (including phenoxy) is 1. The lowest BCUT2D eigenvalue weighted by Gasteiger charge is -2.19. The first-order valence-electron chi connectivity index (χ1n) is 5.94. The first-order chi connectivity index (χ1) is 9.54. The van der Waals surface area contributed by atoms with Gasteiger partial charge in [-0.1, -0.05) is 27.4 Å². The summed E-state index contributed by atoms with van der Waals surface area (Å²) >= 11 is 0. The molecule has 0 unspecified atom stereocenters. The number of nitro groups is 1. The van der Waals surface area contributed by atoms with Crippen LogP contribution in [-0.4, -0.2) is 16.9 Å². The molecule has 0 atom stereocenters. The number of nitro benzene ring substituents is 1. The molecule has 1 rings (SSSR count). The minimum absolute atomic E-state index is 0.0539. The van der Waals surface area contributed by atoms with E-state index in [0.29, 0.717) is 6.07 Å². The number of halogens is 1. The van der Waals surface area contributed by atoms with Gasteiger partial charge in [0, 0.05) is 11.6 Å². The summed E-state index contributed by atoms with van der Waals surface area (Å²) in [6.07, 6.45) is 0. The molecule has 0 spiro atoms. The molecule has 0 N–H and O–H groups in total. The van der Waals surface area contributed by atoms with Crippen molar-refractivity contribution in [1.82, 2.24) is 0 Å². The van der Waals surface area contributed by atoms with Gasteiger partial charge in [-0.15, -0.1) is 0 Å². The van der Waals surface area contributed by atoms with Crippen LogP contribution in [0.4, 0.5) is 10.1 Å². The average Bonchev–Trinajstić information content (AvgIpc) is 2.35. The maximum atomic E-state index is 13.6. The van der Waals surface area contributed by atoms with Crippen LogP contribution in [0.2, 0.25) is 0 Å². The zero-order valence-electron chi connectivity index (χ0n) is 11.8. The standard InChI is InChI=1S/C14H14FNO5/c1-8(14(2,3)4)12(17)21-13(18)10-6-5-9(16(19)20)7-11(10)15/h5-7H,1H2,2-4H3. The largest absolute Gasteiger partial charge is 0.386 e. The molecule has 21 heavy (non-hydrogen) atoms. The van der Waals surface area contributed by atoms with Crippen LogP contribution in [-0.2, 0) is 9.53 Å². The molecular weight excluding hydrogens is 281 g/mol. The first-order valence-corrected chi connectivity index (χ1v) is 5.94. The van der Waals surface area contributed by atoms with E-state index in [4.69, 9.17) is 0 Å². The SMILES string of the molecule is C=C(C(=O)OC(=O)c1ccc([N+](=O)[O-])cc1F)C(C)(C)C. The second-order valence-electron chi connectivity index (χ2n) is 5.33. The molecule has 0 fully saturated rings. The van der Waals surface area contributed by atoms with E-state index in [9.17, 15) is 24.1 Å². The highest BCUT2D eigenvalue weighted by atomic mass is 19.1. The Morgan fingerprint density at radius 3 is 2.33 bits per heavy atom. The molecular formula is C14H14FNO5. The molecule has 0 amide bonds. The van der Waals surface area contributed by atoms with Gasteiger partial charge in [0.2, 0.25) is 0 Å². The van der Waals surface area contributed by atoms with Crippen molar-refractivity contribution < 1.29 is 23.6 Å². The number of non-ortho nitro benzene ring substituents is 1. The van der Waals surface area contributed by atoms with Crippen LogP contribution < -0.4 is 0 Å². The highest BCUT2D eigenvalue weighted by Gasteiger charge is 2.26. The van der Waals surface area contributed by atoms with E-state index < -0.39 is 39.3 Å². The van der Waals surface area contributed by atoms with E-state index in [2.05, 4.69) is 11.3 Å². The topological polar surface area (TPSA) is 86.5 Å². The molecule has 0 heterocycles. The first kappa shape index (κ1) is 16.5. The van der Waals surface area contributed by atoms with Crippen molar-refractivity contribution in [1.29, 1.82) is 0 Å². The van der Waals surface area contributed by atoms with Crippen LogP contribution in [0, 0.1) is 21.3 Å². The molecule has 1 aromatic rings. The van der Waals surface area contributed by atoms with Gasteiger partial charge in [0.15, 0.2) is 0 Å². The van der Waals surface area contributed by atoms with E-state index in [0.717, 1.165) is 12.1 Å². The van der Waals surface area contributed by atoms with Crippen molar-refractivity contribution in [3.05, 3.63) is 51.8 Å². The third-order valence-corrected chi connectivity index (χ3v) is 2.72. The number of benzene rings is 1. The zero-order valence-corrected chi connectivity index (χ0v) is 11.8. The van der Waals surface area contributed by atoms with Gasteiger partial charge in [0.25, 0.3) is 5.69 Å². The number of hydrogen-bond acceptors (Lipinski definition) is 5.